The molecule has 0 aromatic heterocycles. The zero-order valence-corrected chi connectivity index (χ0v) is 17.1. The second kappa shape index (κ2) is 6.58. The maximum Gasteiger partial charge on any atom is 0.326 e. The lowest BCUT2D eigenvalue weighted by Gasteiger charge is -2.50. The summed E-state index contributed by atoms with van der Waals surface area (Å²) in [5, 5.41) is 0. The van der Waals surface area contributed by atoms with Crippen LogP contribution in [-0.2, 0) is 35.9 Å². The first-order valence-electron chi connectivity index (χ1n) is 9.33. The van der Waals surface area contributed by atoms with Crippen molar-refractivity contribution < 1.29 is 38.1 Å². The first-order chi connectivity index (χ1) is 14.3. The van der Waals surface area contributed by atoms with E-state index < -0.39 is 28.6 Å². The number of carbonyl (C=O) groups excluding carboxylic acids is 4. The van der Waals surface area contributed by atoms with Gasteiger partial charge in [-0.15, -0.1) is 0 Å². The minimum absolute atomic E-state index is 0.128. The molecule has 1 fully saturated rings. The Morgan fingerprint density at radius 1 is 1.03 bits per heavy atom. The van der Waals surface area contributed by atoms with Crippen LogP contribution in [0.5, 0.6) is 17.2 Å². The molecule has 1 aromatic carbocycles. The van der Waals surface area contributed by atoms with E-state index in [0.717, 1.165) is 7.11 Å². The Hall–Kier alpha value is -3.36. The number of nitrogens with zero attached hydrogens (tertiary/aromatic N) is 1. The molecule has 0 unspecified atom stereocenters. The molecule has 3 aliphatic rings. The van der Waals surface area contributed by atoms with E-state index in [1.807, 2.05) is 0 Å². The Morgan fingerprint density at radius 3 is 2.33 bits per heavy atom. The van der Waals surface area contributed by atoms with Gasteiger partial charge in [-0.2, -0.15) is 0 Å². The molecule has 1 amide bonds. The highest BCUT2D eigenvalue weighted by Crippen LogP contribution is 2.61. The van der Waals surface area contributed by atoms with Gasteiger partial charge in [0.15, 0.2) is 22.7 Å². The van der Waals surface area contributed by atoms with Crippen molar-refractivity contribution in [2.75, 3.05) is 35.0 Å². The molecule has 1 spiro atoms. The van der Waals surface area contributed by atoms with Gasteiger partial charge in [-0.25, -0.2) is 0 Å². The molecule has 1 saturated heterocycles. The van der Waals surface area contributed by atoms with Crippen molar-refractivity contribution in [2.45, 2.75) is 18.4 Å². The van der Waals surface area contributed by atoms with Gasteiger partial charge in [-0.05, 0) is 24.1 Å². The van der Waals surface area contributed by atoms with Crippen molar-refractivity contribution in [1.29, 1.82) is 0 Å². The van der Waals surface area contributed by atoms with E-state index >= 15 is 0 Å². The molecule has 1 aromatic rings. The van der Waals surface area contributed by atoms with Crippen molar-refractivity contribution in [3.05, 3.63) is 29.3 Å². The van der Waals surface area contributed by atoms with E-state index in [9.17, 15) is 19.2 Å². The number of hydrogen-bond acceptors (Lipinski definition) is 8. The van der Waals surface area contributed by atoms with Crippen molar-refractivity contribution in [2.24, 2.45) is 5.41 Å². The lowest BCUT2D eigenvalue weighted by atomic mass is 9.59. The van der Waals surface area contributed by atoms with Gasteiger partial charge in [-0.1, -0.05) is 6.08 Å². The number of carbonyl (C=O) groups is 4. The minimum Gasteiger partial charge on any atom is -0.493 e. The number of hydrogen-bond donors (Lipinski definition) is 0. The van der Waals surface area contributed by atoms with Crippen LogP contribution in [0.4, 0.5) is 0 Å². The van der Waals surface area contributed by atoms with E-state index in [0.29, 0.717) is 29.0 Å². The summed E-state index contributed by atoms with van der Waals surface area (Å²) in [5.41, 5.74) is -2.47. The highest BCUT2D eigenvalue weighted by molar-refractivity contribution is 6.46. The molecule has 9 heteroatoms. The molecule has 9 nitrogen and oxygen atoms in total. The Labute approximate surface area is 172 Å². The van der Waals surface area contributed by atoms with E-state index in [4.69, 9.17) is 18.9 Å². The summed E-state index contributed by atoms with van der Waals surface area (Å²) < 4.78 is 21.5. The summed E-state index contributed by atoms with van der Waals surface area (Å²) in [7, 11) is 5.52. The van der Waals surface area contributed by atoms with E-state index in [1.54, 1.807) is 6.07 Å². The Kier molecular flexibility index (Phi) is 4.37. The zero-order chi connectivity index (χ0) is 21.8. The number of fused-ring (bicyclic) bond motifs is 1. The molecule has 1 aliphatic carbocycles. The zero-order valence-electron chi connectivity index (χ0n) is 17.1. The topological polar surface area (TPSA) is 108 Å². The van der Waals surface area contributed by atoms with E-state index in [1.165, 1.54) is 38.4 Å². The van der Waals surface area contributed by atoms with Crippen LogP contribution in [0, 0.1) is 5.41 Å². The van der Waals surface area contributed by atoms with Crippen LogP contribution in [-0.4, -0.2) is 63.3 Å². The number of allylic oxidation sites excluding steroid dienone is 1. The highest BCUT2D eigenvalue weighted by atomic mass is 16.5. The molecule has 4 rings (SSSR count). The number of ketones is 2. The van der Waals surface area contributed by atoms with E-state index in [2.05, 4.69) is 0 Å². The molecule has 158 valence electrons. The summed E-state index contributed by atoms with van der Waals surface area (Å²) in [6.07, 6.45) is 2.48. The predicted octanol–water partition coefficient (Wildman–Crippen LogP) is 0.563. The van der Waals surface area contributed by atoms with E-state index in [-0.39, 0.29) is 24.5 Å². The summed E-state index contributed by atoms with van der Waals surface area (Å²) in [4.78, 5) is 53.2. The third-order valence-corrected chi connectivity index (χ3v) is 6.33. The van der Waals surface area contributed by atoms with Crippen LogP contribution in [0.3, 0.4) is 0 Å². The van der Waals surface area contributed by atoms with Crippen molar-refractivity contribution in [3.8, 4) is 17.2 Å². The third kappa shape index (κ3) is 2.07. The van der Waals surface area contributed by atoms with Gasteiger partial charge < -0.3 is 23.8 Å². The molecule has 0 N–H and O–H groups in total. The minimum atomic E-state index is -1.98. The lowest BCUT2D eigenvalue weighted by Crippen LogP contribution is -2.60. The first kappa shape index (κ1) is 19.9. The van der Waals surface area contributed by atoms with Gasteiger partial charge in [0, 0.05) is 18.5 Å². The normalized spacial score (nSPS) is 26.7. The summed E-state index contributed by atoms with van der Waals surface area (Å²) >= 11 is 0. The maximum absolute atomic E-state index is 13.2. The van der Waals surface area contributed by atoms with Crippen LogP contribution in [0.1, 0.15) is 17.5 Å². The van der Waals surface area contributed by atoms with Gasteiger partial charge in [0.1, 0.15) is 5.54 Å². The van der Waals surface area contributed by atoms with Crippen LogP contribution >= 0.6 is 0 Å². The largest absolute Gasteiger partial charge is 0.493 e. The third-order valence-electron chi connectivity index (χ3n) is 6.33. The number of benzene rings is 1. The molecular formula is C21H21NO8. The van der Waals surface area contributed by atoms with Gasteiger partial charge >= 0.3 is 5.97 Å². The van der Waals surface area contributed by atoms with Gasteiger partial charge in [-0.3, -0.25) is 19.2 Å². The lowest BCUT2D eigenvalue weighted by molar-refractivity contribution is -0.160. The van der Waals surface area contributed by atoms with Crippen LogP contribution in [0.15, 0.2) is 18.2 Å². The number of ether oxygens (including phenoxy) is 4. The summed E-state index contributed by atoms with van der Waals surface area (Å²) in [5.74, 6) is -1.94. The first-order valence-corrected chi connectivity index (χ1v) is 9.33. The summed E-state index contributed by atoms with van der Waals surface area (Å²) in [6, 6.07) is 1.61. The number of methoxy groups -OCH3 is 4. The molecule has 2 heterocycles. The molecule has 0 bridgehead atoms. The second-order valence-corrected chi connectivity index (χ2v) is 7.34. The smallest absolute Gasteiger partial charge is 0.326 e. The monoisotopic (exact) mass is 415 g/mol. The van der Waals surface area contributed by atoms with Crippen molar-refractivity contribution >= 4 is 23.4 Å². The second-order valence-electron chi connectivity index (χ2n) is 7.34. The maximum atomic E-state index is 13.2. The van der Waals surface area contributed by atoms with Crippen LogP contribution < -0.4 is 14.2 Å². The highest BCUT2D eigenvalue weighted by Gasteiger charge is 2.75. The Bertz CT molecular complexity index is 1030. The number of esters is 1. The fraction of sp³-hybridized carbons (Fsp3) is 0.429. The molecule has 2 atom stereocenters. The summed E-state index contributed by atoms with van der Waals surface area (Å²) in [6.45, 7) is 0.128. The average molecular weight is 415 g/mol. The van der Waals surface area contributed by atoms with Crippen LogP contribution in [0.2, 0.25) is 0 Å². The quantitative estimate of drug-likeness (QED) is 0.399. The van der Waals surface area contributed by atoms with Gasteiger partial charge in [0.05, 0.1) is 28.4 Å². The predicted molar refractivity (Wildman–Crippen MR) is 101 cm³/mol. The average Bonchev–Trinajstić information content (AvgIpc) is 2.96. The molecule has 0 saturated carbocycles. The fourth-order valence-corrected chi connectivity index (χ4v) is 5.14. The van der Waals surface area contributed by atoms with Crippen LogP contribution in [0.25, 0.3) is 0 Å². The SMILES string of the molecule is COC(=O)[C@@]12C=CC(=O)C[C@@]13c1cc(OC)c(OC)c(OC)c1CCN3C(=O)C2=O. The standard InChI is InChI=1S/C21H21NO8/c1-27-14-9-13-12(15(28-2)16(14)29-3)6-8-22-18(25)17(24)20(19(26)30-4)7-5-11(23)10-21(13,20)22/h5,7,9H,6,8,10H2,1-4H3/t20-,21+/m0/s1. The molecule has 30 heavy (non-hydrogen) atoms. The van der Waals surface area contributed by atoms with Crippen molar-refractivity contribution in [1.82, 2.24) is 4.90 Å². The Balaban J connectivity index is 2.16. The molecular weight excluding hydrogens is 394 g/mol. The van der Waals surface area contributed by atoms with Gasteiger partial charge in [0.25, 0.3) is 5.91 Å². The molecule has 0 radical (unpaired) electrons. The fourth-order valence-electron chi connectivity index (χ4n) is 5.14. The number of amides is 1. The molecule has 2 aliphatic heterocycles. The van der Waals surface area contributed by atoms with Crippen molar-refractivity contribution in [3.63, 3.8) is 0 Å². The Morgan fingerprint density at radius 2 is 1.73 bits per heavy atom. The van der Waals surface area contributed by atoms with Gasteiger partial charge in [0.2, 0.25) is 11.5 Å². The number of rotatable bonds is 4. The number of Topliss-reactive ketones (excluding diaryl/α,β-unsaturated/α-hetero) is 1.